The summed E-state index contributed by atoms with van der Waals surface area (Å²) in [5.41, 5.74) is 1.12. The number of halogens is 1. The highest BCUT2D eigenvalue weighted by atomic mass is 35.5. The van der Waals surface area contributed by atoms with Crippen molar-refractivity contribution in [2.45, 2.75) is 30.7 Å². The lowest BCUT2D eigenvalue weighted by atomic mass is 10.1. The maximum atomic E-state index is 12.6. The Balaban J connectivity index is 1.73. The molecule has 5 nitrogen and oxygen atoms in total. The molecule has 0 aliphatic carbocycles. The van der Waals surface area contributed by atoms with Gasteiger partial charge >= 0.3 is 0 Å². The number of aromatic nitrogens is 2. The van der Waals surface area contributed by atoms with Gasteiger partial charge in [-0.25, -0.2) is 8.42 Å². The lowest BCUT2D eigenvalue weighted by Crippen LogP contribution is -2.39. The number of benzene rings is 1. The number of sulfonamides is 1. The van der Waals surface area contributed by atoms with E-state index in [-0.39, 0.29) is 10.9 Å². The van der Waals surface area contributed by atoms with E-state index in [1.54, 1.807) is 18.2 Å². The molecule has 1 aromatic heterocycles. The Morgan fingerprint density at radius 2 is 2.00 bits per heavy atom. The third kappa shape index (κ3) is 3.04. The summed E-state index contributed by atoms with van der Waals surface area (Å²) in [5.74, 6) is 0. The molecule has 1 aliphatic rings. The number of hydrogen-bond donors (Lipinski definition) is 0. The van der Waals surface area contributed by atoms with Gasteiger partial charge in [-0.15, -0.1) is 0 Å². The van der Waals surface area contributed by atoms with Gasteiger partial charge < -0.3 is 0 Å². The third-order valence-electron chi connectivity index (χ3n) is 3.96. The molecule has 3 rings (SSSR count). The molecular formula is C15H18ClN3O2S. The van der Waals surface area contributed by atoms with Crippen molar-refractivity contribution in [3.8, 4) is 0 Å². The van der Waals surface area contributed by atoms with Gasteiger partial charge in [-0.3, -0.25) is 4.68 Å². The first kappa shape index (κ1) is 15.5. The summed E-state index contributed by atoms with van der Waals surface area (Å²) in [4.78, 5) is 0.258. The van der Waals surface area contributed by atoms with Crippen LogP contribution in [-0.2, 0) is 10.0 Å². The molecule has 1 fully saturated rings. The molecule has 0 saturated carbocycles. The van der Waals surface area contributed by atoms with Crippen LogP contribution >= 0.6 is 11.6 Å². The Morgan fingerprint density at radius 1 is 1.27 bits per heavy atom. The molecule has 0 atom stereocenters. The molecule has 0 amide bonds. The first-order chi connectivity index (χ1) is 10.5. The molecule has 7 heteroatoms. The van der Waals surface area contributed by atoms with Gasteiger partial charge in [-0.1, -0.05) is 17.7 Å². The Labute approximate surface area is 135 Å². The van der Waals surface area contributed by atoms with Crippen LogP contribution in [0.1, 0.15) is 24.4 Å². The topological polar surface area (TPSA) is 55.2 Å². The fourth-order valence-electron chi connectivity index (χ4n) is 2.76. The second kappa shape index (κ2) is 6.02. The van der Waals surface area contributed by atoms with E-state index >= 15 is 0 Å². The molecule has 1 aliphatic heterocycles. The lowest BCUT2D eigenvalue weighted by molar-refractivity contribution is 0.261. The molecule has 2 heterocycles. The van der Waals surface area contributed by atoms with Gasteiger partial charge in [0.15, 0.2) is 0 Å². The number of rotatable bonds is 3. The van der Waals surface area contributed by atoms with E-state index in [0.717, 1.165) is 18.4 Å². The van der Waals surface area contributed by atoms with E-state index in [1.807, 2.05) is 24.0 Å². The van der Waals surface area contributed by atoms with Crippen molar-refractivity contribution in [1.82, 2.24) is 14.1 Å². The zero-order valence-electron chi connectivity index (χ0n) is 12.3. The number of nitrogens with zero attached hydrogens (tertiary/aromatic N) is 3. The fraction of sp³-hybridized carbons (Fsp3) is 0.400. The van der Waals surface area contributed by atoms with Crippen LogP contribution in [0.25, 0.3) is 0 Å². The zero-order chi connectivity index (χ0) is 15.7. The third-order valence-corrected chi connectivity index (χ3v) is 6.09. The second-order valence-electron chi connectivity index (χ2n) is 5.59. The summed E-state index contributed by atoms with van der Waals surface area (Å²) in [5, 5.41) is 4.76. The van der Waals surface area contributed by atoms with E-state index in [0.29, 0.717) is 18.1 Å². The summed E-state index contributed by atoms with van der Waals surface area (Å²) in [7, 11) is -3.47. The van der Waals surface area contributed by atoms with Crippen LogP contribution in [0.5, 0.6) is 0 Å². The van der Waals surface area contributed by atoms with Crippen LogP contribution in [0.4, 0.5) is 0 Å². The average molecular weight is 340 g/mol. The normalized spacial score (nSPS) is 17.7. The Morgan fingerprint density at radius 3 is 2.59 bits per heavy atom. The van der Waals surface area contributed by atoms with Crippen molar-refractivity contribution in [3.63, 3.8) is 0 Å². The average Bonchev–Trinajstić information content (AvgIpc) is 2.94. The van der Waals surface area contributed by atoms with Crippen molar-refractivity contribution >= 4 is 21.6 Å². The maximum Gasteiger partial charge on any atom is 0.243 e. The first-order valence-electron chi connectivity index (χ1n) is 7.23. The van der Waals surface area contributed by atoms with Crippen molar-refractivity contribution < 1.29 is 8.42 Å². The molecule has 1 aromatic carbocycles. The van der Waals surface area contributed by atoms with E-state index in [2.05, 4.69) is 5.10 Å². The SMILES string of the molecule is Cc1cnn(C2CCN(S(=O)(=O)c3cccc(Cl)c3)CC2)c1. The largest absolute Gasteiger partial charge is 0.269 e. The molecular weight excluding hydrogens is 322 g/mol. The summed E-state index contributed by atoms with van der Waals surface area (Å²) in [6.45, 7) is 3.00. The van der Waals surface area contributed by atoms with E-state index in [4.69, 9.17) is 11.6 Å². The van der Waals surface area contributed by atoms with Crippen LogP contribution in [-0.4, -0.2) is 35.6 Å². The minimum Gasteiger partial charge on any atom is -0.269 e. The molecule has 1 saturated heterocycles. The smallest absolute Gasteiger partial charge is 0.243 e. The van der Waals surface area contributed by atoms with Gasteiger partial charge in [-0.2, -0.15) is 9.40 Å². The van der Waals surface area contributed by atoms with Crippen LogP contribution in [0.2, 0.25) is 5.02 Å². The molecule has 2 aromatic rings. The van der Waals surface area contributed by atoms with Gasteiger partial charge in [-0.05, 0) is 43.5 Å². The summed E-state index contributed by atoms with van der Waals surface area (Å²) in [6, 6.07) is 6.69. The minimum atomic E-state index is -3.47. The van der Waals surface area contributed by atoms with Gasteiger partial charge in [0, 0.05) is 24.3 Å². The first-order valence-corrected chi connectivity index (χ1v) is 9.05. The van der Waals surface area contributed by atoms with Crippen molar-refractivity contribution in [1.29, 1.82) is 0 Å². The predicted molar refractivity (Wildman–Crippen MR) is 85.4 cm³/mol. The quantitative estimate of drug-likeness (QED) is 0.864. The number of hydrogen-bond acceptors (Lipinski definition) is 3. The van der Waals surface area contributed by atoms with E-state index in [9.17, 15) is 8.42 Å². The number of piperidine rings is 1. The molecule has 118 valence electrons. The highest BCUT2D eigenvalue weighted by Gasteiger charge is 2.30. The van der Waals surface area contributed by atoms with E-state index < -0.39 is 10.0 Å². The Kier molecular flexibility index (Phi) is 4.25. The monoisotopic (exact) mass is 339 g/mol. The number of aryl methyl sites for hydroxylation is 1. The zero-order valence-corrected chi connectivity index (χ0v) is 13.9. The summed E-state index contributed by atoms with van der Waals surface area (Å²) in [6.07, 6.45) is 5.36. The molecule has 0 unspecified atom stereocenters. The molecule has 0 spiro atoms. The predicted octanol–water partition coefficient (Wildman–Crippen LogP) is 2.87. The van der Waals surface area contributed by atoms with Crippen LogP contribution in [0, 0.1) is 6.92 Å². The highest BCUT2D eigenvalue weighted by Crippen LogP contribution is 2.27. The second-order valence-corrected chi connectivity index (χ2v) is 7.96. The van der Waals surface area contributed by atoms with Gasteiger partial charge in [0.05, 0.1) is 17.1 Å². The lowest BCUT2D eigenvalue weighted by Gasteiger charge is -2.31. The van der Waals surface area contributed by atoms with Gasteiger partial charge in [0.25, 0.3) is 0 Å². The van der Waals surface area contributed by atoms with Crippen LogP contribution in [0.15, 0.2) is 41.6 Å². The Bertz CT molecular complexity index is 765. The van der Waals surface area contributed by atoms with Crippen LogP contribution < -0.4 is 0 Å². The molecule has 0 N–H and O–H groups in total. The van der Waals surface area contributed by atoms with Crippen molar-refractivity contribution in [2.75, 3.05) is 13.1 Å². The van der Waals surface area contributed by atoms with Crippen LogP contribution in [0.3, 0.4) is 0 Å². The standard InChI is InChI=1S/C15H18ClN3O2S/c1-12-10-17-19(11-12)14-5-7-18(8-6-14)22(20,21)15-4-2-3-13(16)9-15/h2-4,9-11,14H,5-8H2,1H3. The summed E-state index contributed by atoms with van der Waals surface area (Å²) < 4.78 is 28.7. The van der Waals surface area contributed by atoms with Gasteiger partial charge in [0.2, 0.25) is 10.0 Å². The maximum absolute atomic E-state index is 12.6. The van der Waals surface area contributed by atoms with Gasteiger partial charge in [0.1, 0.15) is 0 Å². The summed E-state index contributed by atoms with van der Waals surface area (Å²) >= 11 is 5.90. The van der Waals surface area contributed by atoms with Crippen molar-refractivity contribution in [3.05, 3.63) is 47.2 Å². The molecule has 22 heavy (non-hydrogen) atoms. The van der Waals surface area contributed by atoms with E-state index in [1.165, 1.54) is 10.4 Å². The molecule has 0 radical (unpaired) electrons. The minimum absolute atomic E-state index is 0.258. The Hall–Kier alpha value is -1.37. The van der Waals surface area contributed by atoms with Crippen molar-refractivity contribution in [2.24, 2.45) is 0 Å². The highest BCUT2D eigenvalue weighted by molar-refractivity contribution is 7.89. The molecule has 0 bridgehead atoms. The fourth-order valence-corrected chi connectivity index (χ4v) is 4.53.